The number of nitrogens with zero attached hydrogens (tertiary/aromatic N) is 2. The number of carbonyl (C=O) groups is 1. The molecular weight excluding hydrogens is 282 g/mol. The van der Waals surface area contributed by atoms with Gasteiger partial charge in [0.2, 0.25) is 5.91 Å². The number of carbonyl (C=O) groups excluding carboxylic acids is 1. The Morgan fingerprint density at radius 2 is 2.29 bits per heavy atom. The Hall–Kier alpha value is -1.10. The SMILES string of the molecule is CCCNC(=O)CN(C)c1ncc(C)cc1Br. The number of aromatic nitrogens is 1. The van der Waals surface area contributed by atoms with Gasteiger partial charge in [0.15, 0.2) is 0 Å². The van der Waals surface area contributed by atoms with Crippen LogP contribution >= 0.6 is 15.9 Å². The Bertz CT molecular complexity index is 395. The number of anilines is 1. The maximum Gasteiger partial charge on any atom is 0.239 e. The lowest BCUT2D eigenvalue weighted by atomic mass is 10.3. The van der Waals surface area contributed by atoms with E-state index in [1.165, 1.54) is 0 Å². The van der Waals surface area contributed by atoms with Crippen molar-refractivity contribution >= 4 is 27.7 Å². The minimum atomic E-state index is 0.0172. The average Bonchev–Trinajstić information content (AvgIpc) is 2.26. The Kier molecular flexibility index (Phi) is 5.41. The van der Waals surface area contributed by atoms with Crippen molar-refractivity contribution in [2.75, 3.05) is 25.0 Å². The van der Waals surface area contributed by atoms with Crippen LogP contribution in [0.3, 0.4) is 0 Å². The second-order valence-electron chi connectivity index (χ2n) is 4.02. The van der Waals surface area contributed by atoms with E-state index in [-0.39, 0.29) is 5.91 Å². The van der Waals surface area contributed by atoms with Gasteiger partial charge in [0.25, 0.3) is 0 Å². The second-order valence-corrected chi connectivity index (χ2v) is 4.88. The predicted molar refractivity (Wildman–Crippen MR) is 73.2 cm³/mol. The van der Waals surface area contributed by atoms with E-state index in [2.05, 4.69) is 26.2 Å². The van der Waals surface area contributed by atoms with Crippen molar-refractivity contribution in [3.63, 3.8) is 0 Å². The van der Waals surface area contributed by atoms with Crippen LogP contribution in [-0.2, 0) is 4.79 Å². The van der Waals surface area contributed by atoms with Crippen molar-refractivity contribution in [3.8, 4) is 0 Å². The average molecular weight is 300 g/mol. The minimum absolute atomic E-state index is 0.0172. The number of amides is 1. The molecule has 17 heavy (non-hydrogen) atoms. The lowest BCUT2D eigenvalue weighted by molar-refractivity contribution is -0.119. The number of rotatable bonds is 5. The van der Waals surface area contributed by atoms with Gasteiger partial charge in [-0.25, -0.2) is 4.98 Å². The summed E-state index contributed by atoms with van der Waals surface area (Å²) in [4.78, 5) is 17.7. The highest BCUT2D eigenvalue weighted by atomic mass is 79.9. The molecule has 0 unspecified atom stereocenters. The molecule has 1 heterocycles. The van der Waals surface area contributed by atoms with Crippen LogP contribution in [0, 0.1) is 6.92 Å². The molecule has 0 aliphatic heterocycles. The number of hydrogen-bond donors (Lipinski definition) is 1. The third-order valence-corrected chi connectivity index (χ3v) is 2.86. The van der Waals surface area contributed by atoms with Crippen LogP contribution in [0.4, 0.5) is 5.82 Å². The number of nitrogens with one attached hydrogen (secondary N) is 1. The third kappa shape index (κ3) is 4.34. The number of halogens is 1. The van der Waals surface area contributed by atoms with E-state index < -0.39 is 0 Å². The van der Waals surface area contributed by atoms with Gasteiger partial charge in [-0.1, -0.05) is 6.92 Å². The summed E-state index contributed by atoms with van der Waals surface area (Å²) >= 11 is 3.45. The maximum absolute atomic E-state index is 11.6. The lowest BCUT2D eigenvalue weighted by Crippen LogP contribution is -2.35. The summed E-state index contributed by atoms with van der Waals surface area (Å²) in [5, 5.41) is 2.84. The van der Waals surface area contributed by atoms with Gasteiger partial charge >= 0.3 is 0 Å². The Labute approximate surface area is 111 Å². The topological polar surface area (TPSA) is 45.2 Å². The van der Waals surface area contributed by atoms with Crippen LogP contribution in [-0.4, -0.2) is 31.0 Å². The fraction of sp³-hybridized carbons (Fsp3) is 0.500. The van der Waals surface area contributed by atoms with Gasteiger partial charge in [0.05, 0.1) is 11.0 Å². The van der Waals surface area contributed by atoms with Crippen LogP contribution in [0.2, 0.25) is 0 Å². The number of likely N-dealkylation sites (N-methyl/N-ethyl adjacent to an activating group) is 1. The first-order valence-corrected chi connectivity index (χ1v) is 6.44. The zero-order chi connectivity index (χ0) is 12.8. The van der Waals surface area contributed by atoms with E-state index in [0.717, 1.165) is 28.8 Å². The highest BCUT2D eigenvalue weighted by Crippen LogP contribution is 2.23. The van der Waals surface area contributed by atoms with Crippen LogP contribution < -0.4 is 10.2 Å². The van der Waals surface area contributed by atoms with Gasteiger partial charge in [-0.2, -0.15) is 0 Å². The molecule has 1 amide bonds. The molecule has 0 radical (unpaired) electrons. The van der Waals surface area contributed by atoms with Crippen LogP contribution in [0.1, 0.15) is 18.9 Å². The summed E-state index contributed by atoms with van der Waals surface area (Å²) in [6, 6.07) is 1.99. The molecule has 0 atom stereocenters. The summed E-state index contributed by atoms with van der Waals surface area (Å²) in [5.41, 5.74) is 1.09. The molecule has 0 aromatic carbocycles. The molecule has 1 N–H and O–H groups in total. The minimum Gasteiger partial charge on any atom is -0.355 e. The molecule has 5 heteroatoms. The van der Waals surface area contributed by atoms with Gasteiger partial charge < -0.3 is 10.2 Å². The van der Waals surface area contributed by atoms with Gasteiger partial charge in [-0.05, 0) is 40.9 Å². The molecule has 0 spiro atoms. The van der Waals surface area contributed by atoms with Crippen molar-refractivity contribution in [3.05, 3.63) is 22.3 Å². The van der Waals surface area contributed by atoms with Crippen molar-refractivity contribution in [1.82, 2.24) is 10.3 Å². The maximum atomic E-state index is 11.6. The van der Waals surface area contributed by atoms with Gasteiger partial charge in [-0.3, -0.25) is 4.79 Å². The molecule has 1 rings (SSSR count). The largest absolute Gasteiger partial charge is 0.355 e. The first kappa shape index (κ1) is 14.0. The normalized spacial score (nSPS) is 10.1. The van der Waals surface area contributed by atoms with E-state index in [1.54, 1.807) is 6.20 Å². The lowest BCUT2D eigenvalue weighted by Gasteiger charge is -2.19. The predicted octanol–water partition coefficient (Wildman–Crippen LogP) is 2.11. The summed E-state index contributed by atoms with van der Waals surface area (Å²) in [5.74, 6) is 0.797. The zero-order valence-electron chi connectivity index (χ0n) is 10.5. The van der Waals surface area contributed by atoms with Crippen LogP contribution in [0.25, 0.3) is 0 Å². The summed E-state index contributed by atoms with van der Waals surface area (Å²) < 4.78 is 0.906. The van der Waals surface area contributed by atoms with Gasteiger partial charge in [0, 0.05) is 19.8 Å². The Balaban J connectivity index is 2.63. The zero-order valence-corrected chi connectivity index (χ0v) is 12.0. The van der Waals surface area contributed by atoms with E-state index in [0.29, 0.717) is 6.54 Å². The van der Waals surface area contributed by atoms with Crippen molar-refractivity contribution in [2.24, 2.45) is 0 Å². The Morgan fingerprint density at radius 3 is 2.88 bits per heavy atom. The molecule has 1 aromatic rings. The third-order valence-electron chi connectivity index (χ3n) is 2.27. The highest BCUT2D eigenvalue weighted by molar-refractivity contribution is 9.10. The smallest absolute Gasteiger partial charge is 0.239 e. The fourth-order valence-corrected chi connectivity index (χ4v) is 2.18. The van der Waals surface area contributed by atoms with E-state index in [4.69, 9.17) is 0 Å². The molecule has 0 fully saturated rings. The summed E-state index contributed by atoms with van der Waals surface area (Å²) in [7, 11) is 1.86. The van der Waals surface area contributed by atoms with Gasteiger partial charge in [-0.15, -0.1) is 0 Å². The quantitative estimate of drug-likeness (QED) is 0.906. The second kappa shape index (κ2) is 6.59. The highest BCUT2D eigenvalue weighted by Gasteiger charge is 2.11. The number of aryl methyl sites for hydroxylation is 1. The van der Waals surface area contributed by atoms with E-state index in [1.807, 2.05) is 31.9 Å². The van der Waals surface area contributed by atoms with E-state index >= 15 is 0 Å². The first-order valence-electron chi connectivity index (χ1n) is 5.64. The van der Waals surface area contributed by atoms with Crippen molar-refractivity contribution in [1.29, 1.82) is 0 Å². The summed E-state index contributed by atoms with van der Waals surface area (Å²) in [6.45, 7) is 5.04. The van der Waals surface area contributed by atoms with Crippen molar-refractivity contribution < 1.29 is 4.79 Å². The molecule has 0 saturated heterocycles. The fourth-order valence-electron chi connectivity index (χ4n) is 1.42. The molecule has 0 aliphatic carbocycles. The molecular formula is C12H18BrN3O. The molecule has 0 saturated carbocycles. The van der Waals surface area contributed by atoms with Crippen molar-refractivity contribution in [2.45, 2.75) is 20.3 Å². The molecule has 4 nitrogen and oxygen atoms in total. The van der Waals surface area contributed by atoms with Crippen LogP contribution in [0.15, 0.2) is 16.7 Å². The number of hydrogen-bond acceptors (Lipinski definition) is 3. The van der Waals surface area contributed by atoms with Crippen LogP contribution in [0.5, 0.6) is 0 Å². The van der Waals surface area contributed by atoms with Gasteiger partial charge in [0.1, 0.15) is 5.82 Å². The standard InChI is InChI=1S/C12H18BrN3O/c1-4-5-14-11(17)8-16(3)12-10(13)6-9(2)7-15-12/h6-7H,4-5,8H2,1-3H3,(H,14,17). The van der Waals surface area contributed by atoms with E-state index in [9.17, 15) is 4.79 Å². The first-order chi connectivity index (χ1) is 8.04. The molecule has 0 bridgehead atoms. The molecule has 94 valence electrons. The summed E-state index contributed by atoms with van der Waals surface area (Å²) in [6.07, 6.45) is 2.74. The Morgan fingerprint density at radius 1 is 1.59 bits per heavy atom. The molecule has 0 aliphatic rings. The number of pyridine rings is 1. The monoisotopic (exact) mass is 299 g/mol. The molecule has 1 aromatic heterocycles.